The molecule has 1 saturated heterocycles. The van der Waals surface area contributed by atoms with E-state index < -0.39 is 0 Å². The zero-order valence-corrected chi connectivity index (χ0v) is 13.9. The second-order valence-electron chi connectivity index (χ2n) is 5.81. The second-order valence-corrected chi connectivity index (χ2v) is 6.24. The number of carbonyl (C=O) groups is 2. The van der Waals surface area contributed by atoms with Gasteiger partial charge in [-0.1, -0.05) is 17.7 Å². The number of nitrogens with zero attached hydrogens (tertiary/aromatic N) is 2. The molecule has 6 heteroatoms. The third-order valence-corrected chi connectivity index (χ3v) is 4.39. The molecule has 3 rings (SSSR count). The molecule has 1 aromatic carbocycles. The van der Waals surface area contributed by atoms with Gasteiger partial charge in [-0.25, -0.2) is 0 Å². The zero-order valence-electron chi connectivity index (χ0n) is 13.1. The van der Waals surface area contributed by atoms with Crippen LogP contribution in [0.4, 0.5) is 5.69 Å². The van der Waals surface area contributed by atoms with E-state index in [-0.39, 0.29) is 17.7 Å². The molecule has 0 saturated carbocycles. The average molecular weight is 344 g/mol. The van der Waals surface area contributed by atoms with Crippen LogP contribution >= 0.6 is 11.6 Å². The van der Waals surface area contributed by atoms with E-state index in [1.165, 1.54) is 0 Å². The molecular weight excluding hydrogens is 326 g/mol. The van der Waals surface area contributed by atoms with E-state index in [4.69, 9.17) is 11.6 Å². The first-order chi connectivity index (χ1) is 11.6. The highest BCUT2D eigenvalue weighted by Crippen LogP contribution is 2.22. The van der Waals surface area contributed by atoms with Crippen LogP contribution in [-0.4, -0.2) is 34.8 Å². The lowest BCUT2D eigenvalue weighted by Crippen LogP contribution is -2.41. The summed E-state index contributed by atoms with van der Waals surface area (Å²) in [5, 5.41) is 3.48. The Kier molecular flexibility index (Phi) is 5.11. The highest BCUT2D eigenvalue weighted by Gasteiger charge is 2.27. The van der Waals surface area contributed by atoms with Gasteiger partial charge in [0.1, 0.15) is 0 Å². The minimum absolute atomic E-state index is 0.0225. The molecule has 2 heterocycles. The lowest BCUT2D eigenvalue weighted by atomic mass is 9.95. The van der Waals surface area contributed by atoms with Crippen LogP contribution in [0, 0.1) is 5.92 Å². The summed E-state index contributed by atoms with van der Waals surface area (Å²) in [5.74, 6) is -0.149. The van der Waals surface area contributed by atoms with Crippen LogP contribution in [0.25, 0.3) is 0 Å². The largest absolute Gasteiger partial charge is 0.339 e. The maximum atomic E-state index is 12.4. The molecule has 1 aliphatic heterocycles. The molecule has 0 bridgehead atoms. The number of nitrogens with one attached hydrogen (secondary N) is 1. The fraction of sp³-hybridized carbons (Fsp3) is 0.278. The Morgan fingerprint density at radius 3 is 2.62 bits per heavy atom. The first-order valence-corrected chi connectivity index (χ1v) is 8.27. The summed E-state index contributed by atoms with van der Waals surface area (Å²) in [4.78, 5) is 30.5. The van der Waals surface area contributed by atoms with Crippen molar-refractivity contribution in [2.75, 3.05) is 18.4 Å². The number of hydrogen-bond acceptors (Lipinski definition) is 3. The van der Waals surface area contributed by atoms with Crippen molar-refractivity contribution in [1.82, 2.24) is 9.88 Å². The van der Waals surface area contributed by atoms with Gasteiger partial charge < -0.3 is 10.2 Å². The molecular formula is C18H18ClN3O2. The van der Waals surface area contributed by atoms with E-state index in [1.807, 2.05) is 6.07 Å². The van der Waals surface area contributed by atoms with Crippen LogP contribution < -0.4 is 5.32 Å². The van der Waals surface area contributed by atoms with Crippen molar-refractivity contribution in [1.29, 1.82) is 0 Å². The van der Waals surface area contributed by atoms with E-state index in [1.54, 1.807) is 47.6 Å². The summed E-state index contributed by atoms with van der Waals surface area (Å²) in [7, 11) is 0. The quantitative estimate of drug-likeness (QED) is 0.930. The molecule has 5 nitrogen and oxygen atoms in total. The maximum absolute atomic E-state index is 12.4. The highest BCUT2D eigenvalue weighted by atomic mass is 35.5. The first-order valence-electron chi connectivity index (χ1n) is 7.89. The number of aromatic nitrogens is 1. The standard InChI is InChI=1S/C18H18ClN3O2/c19-15-4-1-5-16(11-15)21-17(23)13-6-9-22(10-7-13)18(24)14-3-2-8-20-12-14/h1-5,8,11-13H,6-7,9-10H2,(H,21,23). The molecule has 0 radical (unpaired) electrons. The molecule has 2 amide bonds. The molecule has 1 N–H and O–H groups in total. The molecule has 0 aliphatic carbocycles. The van der Waals surface area contributed by atoms with Gasteiger partial charge in [-0.05, 0) is 43.2 Å². The van der Waals surface area contributed by atoms with Crippen molar-refractivity contribution >= 4 is 29.1 Å². The highest BCUT2D eigenvalue weighted by molar-refractivity contribution is 6.30. The molecule has 0 spiro atoms. The summed E-state index contributed by atoms with van der Waals surface area (Å²) in [5.41, 5.74) is 1.28. The van der Waals surface area contributed by atoms with E-state index in [2.05, 4.69) is 10.3 Å². The van der Waals surface area contributed by atoms with Gasteiger partial charge in [0.05, 0.1) is 5.56 Å². The number of likely N-dealkylation sites (tertiary alicyclic amines) is 1. The Labute approximate surface area is 145 Å². The number of piperidine rings is 1. The van der Waals surface area contributed by atoms with Gasteiger partial charge in [-0.15, -0.1) is 0 Å². The van der Waals surface area contributed by atoms with E-state index in [0.29, 0.717) is 42.2 Å². The van der Waals surface area contributed by atoms with Gasteiger partial charge in [-0.2, -0.15) is 0 Å². The van der Waals surface area contributed by atoms with E-state index in [0.717, 1.165) is 0 Å². The number of anilines is 1. The third kappa shape index (κ3) is 3.92. The van der Waals surface area contributed by atoms with Crippen LogP contribution in [0.2, 0.25) is 5.02 Å². The molecule has 1 aliphatic rings. The molecule has 124 valence electrons. The first kappa shape index (κ1) is 16.5. The molecule has 0 unspecified atom stereocenters. The molecule has 24 heavy (non-hydrogen) atoms. The van der Waals surface area contributed by atoms with Gasteiger partial charge in [0, 0.05) is 42.1 Å². The van der Waals surface area contributed by atoms with Crippen LogP contribution in [0.1, 0.15) is 23.2 Å². The summed E-state index contributed by atoms with van der Waals surface area (Å²) < 4.78 is 0. The Bertz CT molecular complexity index is 728. The Morgan fingerprint density at radius 1 is 1.17 bits per heavy atom. The smallest absolute Gasteiger partial charge is 0.255 e. The SMILES string of the molecule is O=C(Nc1cccc(Cl)c1)C1CCN(C(=O)c2cccnc2)CC1. The van der Waals surface area contributed by atoms with Crippen molar-refractivity contribution in [3.8, 4) is 0 Å². The Balaban J connectivity index is 1.55. The van der Waals surface area contributed by atoms with Crippen molar-refractivity contribution in [3.63, 3.8) is 0 Å². The molecule has 1 fully saturated rings. The number of carbonyl (C=O) groups excluding carboxylic acids is 2. The van der Waals surface area contributed by atoms with Crippen molar-refractivity contribution < 1.29 is 9.59 Å². The number of pyridine rings is 1. The third-order valence-electron chi connectivity index (χ3n) is 4.15. The van der Waals surface area contributed by atoms with E-state index in [9.17, 15) is 9.59 Å². The summed E-state index contributed by atoms with van der Waals surface area (Å²) in [6, 6.07) is 10.6. The number of amides is 2. The van der Waals surface area contributed by atoms with Crippen molar-refractivity contribution in [3.05, 3.63) is 59.4 Å². The average Bonchev–Trinajstić information content (AvgIpc) is 2.62. The number of halogens is 1. The minimum Gasteiger partial charge on any atom is -0.339 e. The van der Waals surface area contributed by atoms with Gasteiger partial charge in [0.25, 0.3) is 5.91 Å². The summed E-state index contributed by atoms with van der Waals surface area (Å²) >= 11 is 5.93. The molecule has 0 atom stereocenters. The predicted octanol–water partition coefficient (Wildman–Crippen LogP) is 3.23. The van der Waals surface area contributed by atoms with Crippen LogP contribution in [-0.2, 0) is 4.79 Å². The lowest BCUT2D eigenvalue weighted by Gasteiger charge is -2.31. The van der Waals surface area contributed by atoms with Gasteiger partial charge in [-0.3, -0.25) is 14.6 Å². The lowest BCUT2D eigenvalue weighted by molar-refractivity contribution is -0.121. The number of rotatable bonds is 3. The summed E-state index contributed by atoms with van der Waals surface area (Å²) in [6.07, 6.45) is 4.51. The van der Waals surface area contributed by atoms with Crippen LogP contribution in [0.15, 0.2) is 48.8 Å². The molecule has 2 aromatic rings. The monoisotopic (exact) mass is 343 g/mol. The normalized spacial score (nSPS) is 15.1. The maximum Gasteiger partial charge on any atom is 0.255 e. The minimum atomic E-state index is -0.0954. The zero-order chi connectivity index (χ0) is 16.9. The van der Waals surface area contributed by atoms with Crippen LogP contribution in [0.3, 0.4) is 0 Å². The van der Waals surface area contributed by atoms with Crippen molar-refractivity contribution in [2.24, 2.45) is 5.92 Å². The molecule has 1 aromatic heterocycles. The van der Waals surface area contributed by atoms with Crippen LogP contribution in [0.5, 0.6) is 0 Å². The fourth-order valence-corrected chi connectivity index (χ4v) is 3.02. The van der Waals surface area contributed by atoms with E-state index >= 15 is 0 Å². The Morgan fingerprint density at radius 2 is 1.96 bits per heavy atom. The second kappa shape index (κ2) is 7.45. The predicted molar refractivity (Wildman–Crippen MR) is 92.9 cm³/mol. The van der Waals surface area contributed by atoms with Gasteiger partial charge in [0.2, 0.25) is 5.91 Å². The Hall–Kier alpha value is -2.40. The van der Waals surface area contributed by atoms with Gasteiger partial charge in [0.15, 0.2) is 0 Å². The van der Waals surface area contributed by atoms with Crippen molar-refractivity contribution in [2.45, 2.75) is 12.8 Å². The fourth-order valence-electron chi connectivity index (χ4n) is 2.83. The summed E-state index contributed by atoms with van der Waals surface area (Å²) in [6.45, 7) is 1.14. The van der Waals surface area contributed by atoms with Gasteiger partial charge >= 0.3 is 0 Å². The number of benzene rings is 1. The number of hydrogen-bond donors (Lipinski definition) is 1. The topological polar surface area (TPSA) is 62.3 Å².